The van der Waals surface area contributed by atoms with E-state index in [2.05, 4.69) is 25.8 Å². The molecule has 0 fully saturated rings. The van der Waals surface area contributed by atoms with Crippen molar-refractivity contribution in [3.63, 3.8) is 0 Å². The predicted octanol–water partition coefficient (Wildman–Crippen LogP) is 1.86. The maximum atomic E-state index is 11.8. The average Bonchev–Trinajstić information content (AvgIpc) is 2.82. The van der Waals surface area contributed by atoms with E-state index in [0.717, 1.165) is 5.56 Å². The molecule has 2 aromatic rings. The zero-order valence-electron chi connectivity index (χ0n) is 10.3. The zero-order chi connectivity index (χ0) is 13.0. The van der Waals surface area contributed by atoms with E-state index >= 15 is 0 Å². The molecular formula is C12H15N5O. The van der Waals surface area contributed by atoms with E-state index in [1.54, 1.807) is 0 Å². The van der Waals surface area contributed by atoms with Gasteiger partial charge in [-0.3, -0.25) is 5.32 Å². The smallest absolute Gasteiger partial charge is 0.322 e. The second kappa shape index (κ2) is 4.87. The van der Waals surface area contributed by atoms with Gasteiger partial charge in [-0.1, -0.05) is 30.3 Å². The lowest BCUT2D eigenvalue weighted by Crippen LogP contribution is -2.43. The Kier molecular flexibility index (Phi) is 3.27. The van der Waals surface area contributed by atoms with Crippen LogP contribution in [0.25, 0.3) is 0 Å². The third-order valence-corrected chi connectivity index (χ3v) is 2.57. The van der Waals surface area contributed by atoms with Crippen molar-refractivity contribution in [2.24, 2.45) is 0 Å². The van der Waals surface area contributed by atoms with Crippen LogP contribution in [0.2, 0.25) is 0 Å². The van der Waals surface area contributed by atoms with Gasteiger partial charge in [0.1, 0.15) is 6.33 Å². The Morgan fingerprint density at radius 2 is 2.00 bits per heavy atom. The van der Waals surface area contributed by atoms with E-state index in [9.17, 15) is 4.79 Å². The number of urea groups is 1. The molecule has 0 radical (unpaired) electrons. The summed E-state index contributed by atoms with van der Waals surface area (Å²) in [6.07, 6.45) is 1.33. The fraction of sp³-hybridized carbons (Fsp3) is 0.250. The van der Waals surface area contributed by atoms with Gasteiger partial charge in [0.2, 0.25) is 5.95 Å². The highest BCUT2D eigenvalue weighted by molar-refractivity contribution is 5.87. The summed E-state index contributed by atoms with van der Waals surface area (Å²) < 4.78 is 0. The monoisotopic (exact) mass is 245 g/mol. The third-order valence-electron chi connectivity index (χ3n) is 2.57. The Balaban J connectivity index is 2.02. The first-order valence-corrected chi connectivity index (χ1v) is 5.58. The SMILES string of the molecule is CC(C)(NC(=O)Nc1ncn[nH]1)c1ccccc1. The zero-order valence-corrected chi connectivity index (χ0v) is 10.3. The lowest BCUT2D eigenvalue weighted by Gasteiger charge is -2.26. The van der Waals surface area contributed by atoms with Crippen LogP contribution in [0, 0.1) is 0 Å². The number of H-pyrrole nitrogens is 1. The average molecular weight is 245 g/mol. The maximum Gasteiger partial charge on any atom is 0.322 e. The lowest BCUT2D eigenvalue weighted by atomic mass is 9.95. The van der Waals surface area contributed by atoms with Crippen molar-refractivity contribution in [1.82, 2.24) is 20.5 Å². The number of carbonyl (C=O) groups is 1. The molecule has 0 saturated heterocycles. The van der Waals surface area contributed by atoms with Crippen molar-refractivity contribution in [3.8, 4) is 0 Å². The number of anilines is 1. The number of nitrogens with zero attached hydrogens (tertiary/aromatic N) is 2. The van der Waals surface area contributed by atoms with E-state index < -0.39 is 5.54 Å². The highest BCUT2D eigenvalue weighted by Crippen LogP contribution is 2.19. The quantitative estimate of drug-likeness (QED) is 0.771. The molecule has 3 N–H and O–H groups in total. The standard InChI is InChI=1S/C12H15N5O/c1-12(2,9-6-4-3-5-7-9)16-11(18)15-10-13-8-14-17-10/h3-8H,1-2H3,(H3,13,14,15,16,17,18). The molecule has 0 aliphatic heterocycles. The van der Waals surface area contributed by atoms with Crippen molar-refractivity contribution < 1.29 is 4.79 Å². The molecule has 0 spiro atoms. The van der Waals surface area contributed by atoms with Crippen LogP contribution in [0.5, 0.6) is 0 Å². The molecule has 6 heteroatoms. The normalized spacial score (nSPS) is 11.0. The number of rotatable bonds is 3. The van der Waals surface area contributed by atoms with Crippen molar-refractivity contribution in [2.75, 3.05) is 5.32 Å². The highest BCUT2D eigenvalue weighted by Gasteiger charge is 2.22. The lowest BCUT2D eigenvalue weighted by molar-refractivity contribution is 0.241. The summed E-state index contributed by atoms with van der Waals surface area (Å²) in [5.41, 5.74) is 0.559. The van der Waals surface area contributed by atoms with Crippen LogP contribution in [-0.2, 0) is 5.54 Å². The van der Waals surface area contributed by atoms with Crippen molar-refractivity contribution >= 4 is 12.0 Å². The Hall–Kier alpha value is -2.37. The number of amides is 2. The molecule has 0 bridgehead atoms. The summed E-state index contributed by atoms with van der Waals surface area (Å²) >= 11 is 0. The Morgan fingerprint density at radius 1 is 1.28 bits per heavy atom. The van der Waals surface area contributed by atoms with Gasteiger partial charge in [0.25, 0.3) is 0 Å². The molecule has 1 aromatic heterocycles. The van der Waals surface area contributed by atoms with E-state index in [4.69, 9.17) is 0 Å². The molecule has 2 amide bonds. The summed E-state index contributed by atoms with van der Waals surface area (Å²) in [6, 6.07) is 9.42. The molecule has 0 aliphatic rings. The number of carbonyl (C=O) groups excluding carboxylic acids is 1. The number of hydrogen-bond donors (Lipinski definition) is 3. The summed E-state index contributed by atoms with van der Waals surface area (Å²) in [5, 5.41) is 11.7. The van der Waals surface area contributed by atoms with Crippen LogP contribution in [-0.4, -0.2) is 21.2 Å². The fourth-order valence-corrected chi connectivity index (χ4v) is 1.62. The number of benzene rings is 1. The molecule has 0 unspecified atom stereocenters. The second-order valence-corrected chi connectivity index (χ2v) is 4.40. The van der Waals surface area contributed by atoms with Crippen LogP contribution in [0.15, 0.2) is 36.7 Å². The van der Waals surface area contributed by atoms with Gasteiger partial charge in [-0.2, -0.15) is 10.1 Å². The van der Waals surface area contributed by atoms with E-state index in [1.807, 2.05) is 44.2 Å². The summed E-state index contributed by atoms with van der Waals surface area (Å²) in [7, 11) is 0. The van der Waals surface area contributed by atoms with Gasteiger partial charge in [0.15, 0.2) is 0 Å². The third kappa shape index (κ3) is 2.85. The van der Waals surface area contributed by atoms with E-state index in [-0.39, 0.29) is 6.03 Å². The first-order chi connectivity index (χ1) is 8.58. The van der Waals surface area contributed by atoms with Gasteiger partial charge in [-0.05, 0) is 19.4 Å². The molecule has 1 heterocycles. The summed E-state index contributed by atoms with van der Waals surface area (Å²) in [6.45, 7) is 3.87. The van der Waals surface area contributed by atoms with Crippen LogP contribution in [0.1, 0.15) is 19.4 Å². The number of hydrogen-bond acceptors (Lipinski definition) is 3. The molecule has 0 saturated carbocycles. The molecule has 1 aromatic carbocycles. The van der Waals surface area contributed by atoms with Gasteiger partial charge in [0, 0.05) is 0 Å². The Labute approximate surface area is 105 Å². The molecule has 2 rings (SSSR count). The Morgan fingerprint density at radius 3 is 2.61 bits per heavy atom. The van der Waals surface area contributed by atoms with Crippen LogP contribution in [0.4, 0.5) is 10.7 Å². The van der Waals surface area contributed by atoms with Gasteiger partial charge in [-0.15, -0.1) is 0 Å². The number of nitrogens with one attached hydrogen (secondary N) is 3. The van der Waals surface area contributed by atoms with Crippen molar-refractivity contribution in [1.29, 1.82) is 0 Å². The Bertz CT molecular complexity index is 507. The van der Waals surface area contributed by atoms with Crippen LogP contribution in [0.3, 0.4) is 0 Å². The molecule has 18 heavy (non-hydrogen) atoms. The maximum absolute atomic E-state index is 11.8. The van der Waals surface area contributed by atoms with Gasteiger partial charge in [-0.25, -0.2) is 9.89 Å². The van der Waals surface area contributed by atoms with Gasteiger partial charge in [0.05, 0.1) is 5.54 Å². The molecule has 0 aliphatic carbocycles. The number of aromatic nitrogens is 3. The molecule has 6 nitrogen and oxygen atoms in total. The van der Waals surface area contributed by atoms with Gasteiger partial charge < -0.3 is 5.32 Å². The summed E-state index contributed by atoms with van der Waals surface area (Å²) in [5.74, 6) is 0.316. The number of aromatic amines is 1. The molecular weight excluding hydrogens is 230 g/mol. The first-order valence-electron chi connectivity index (χ1n) is 5.58. The largest absolute Gasteiger partial charge is 0.329 e. The van der Waals surface area contributed by atoms with Crippen LogP contribution < -0.4 is 10.6 Å². The minimum atomic E-state index is -0.467. The minimum absolute atomic E-state index is 0.316. The highest BCUT2D eigenvalue weighted by atomic mass is 16.2. The minimum Gasteiger partial charge on any atom is -0.329 e. The van der Waals surface area contributed by atoms with Crippen molar-refractivity contribution in [3.05, 3.63) is 42.2 Å². The van der Waals surface area contributed by atoms with Crippen LogP contribution >= 0.6 is 0 Å². The molecule has 94 valence electrons. The van der Waals surface area contributed by atoms with Gasteiger partial charge >= 0.3 is 6.03 Å². The second-order valence-electron chi connectivity index (χ2n) is 4.40. The first kappa shape index (κ1) is 12.1. The fourth-order valence-electron chi connectivity index (χ4n) is 1.62. The van der Waals surface area contributed by atoms with Crippen molar-refractivity contribution in [2.45, 2.75) is 19.4 Å². The topological polar surface area (TPSA) is 82.7 Å². The molecule has 0 atom stereocenters. The van der Waals surface area contributed by atoms with E-state index in [0.29, 0.717) is 5.95 Å². The van der Waals surface area contributed by atoms with E-state index in [1.165, 1.54) is 6.33 Å². The predicted molar refractivity (Wildman–Crippen MR) is 68.0 cm³/mol. The summed E-state index contributed by atoms with van der Waals surface area (Å²) in [4.78, 5) is 15.6.